The van der Waals surface area contributed by atoms with Crippen molar-refractivity contribution < 1.29 is 9.59 Å². The van der Waals surface area contributed by atoms with Gasteiger partial charge in [0.25, 0.3) is 5.91 Å². The van der Waals surface area contributed by atoms with Crippen LogP contribution in [-0.2, 0) is 4.79 Å². The zero-order valence-corrected chi connectivity index (χ0v) is 11.1. The maximum atomic E-state index is 12.0. The van der Waals surface area contributed by atoms with Crippen LogP contribution in [-0.4, -0.2) is 36.3 Å². The van der Waals surface area contributed by atoms with Crippen LogP contribution in [0, 0.1) is 0 Å². The number of nitrogens with one attached hydrogen (secondary N) is 1. The third-order valence-electron chi connectivity index (χ3n) is 2.77. The van der Waals surface area contributed by atoms with Crippen molar-refractivity contribution in [3.05, 3.63) is 35.9 Å². The summed E-state index contributed by atoms with van der Waals surface area (Å²) in [6, 6.07) is 9.09. The third-order valence-corrected chi connectivity index (χ3v) is 2.77. The topological polar surface area (TPSA) is 49.4 Å². The molecule has 1 aromatic carbocycles. The third kappa shape index (κ3) is 4.20. The van der Waals surface area contributed by atoms with Crippen LogP contribution < -0.4 is 5.32 Å². The van der Waals surface area contributed by atoms with E-state index in [9.17, 15) is 9.59 Å². The van der Waals surface area contributed by atoms with Gasteiger partial charge in [0, 0.05) is 18.7 Å². The predicted molar refractivity (Wildman–Crippen MR) is 71.3 cm³/mol. The largest absolute Gasteiger partial charge is 0.352 e. The van der Waals surface area contributed by atoms with Crippen LogP contribution in [0.1, 0.15) is 30.6 Å². The number of amides is 2. The Hall–Kier alpha value is -1.84. The molecule has 0 aliphatic carbocycles. The highest BCUT2D eigenvalue weighted by Crippen LogP contribution is 2.02. The minimum atomic E-state index is -0.144. The van der Waals surface area contributed by atoms with Crippen molar-refractivity contribution >= 4 is 11.8 Å². The van der Waals surface area contributed by atoms with Gasteiger partial charge in [0.15, 0.2) is 0 Å². The molecular formula is C14H20N2O2. The van der Waals surface area contributed by atoms with E-state index in [0.717, 1.165) is 6.42 Å². The molecule has 1 unspecified atom stereocenters. The Balaban J connectivity index is 2.53. The normalized spacial score (nSPS) is 11.7. The molecule has 1 atom stereocenters. The number of likely N-dealkylation sites (N-methyl/N-ethyl adjacent to an activating group) is 1. The quantitative estimate of drug-likeness (QED) is 0.861. The molecule has 18 heavy (non-hydrogen) atoms. The molecule has 0 spiro atoms. The molecule has 0 saturated carbocycles. The first-order valence-electron chi connectivity index (χ1n) is 6.14. The monoisotopic (exact) mass is 248 g/mol. The van der Waals surface area contributed by atoms with Crippen LogP contribution in [0.2, 0.25) is 0 Å². The summed E-state index contributed by atoms with van der Waals surface area (Å²) in [5, 5.41) is 2.83. The van der Waals surface area contributed by atoms with E-state index in [2.05, 4.69) is 5.32 Å². The summed E-state index contributed by atoms with van der Waals surface area (Å²) in [4.78, 5) is 25.1. The minimum absolute atomic E-state index is 0.0814. The first-order chi connectivity index (χ1) is 8.54. The van der Waals surface area contributed by atoms with Gasteiger partial charge in [-0.1, -0.05) is 25.1 Å². The molecule has 1 N–H and O–H groups in total. The molecule has 0 radical (unpaired) electrons. The second-order valence-electron chi connectivity index (χ2n) is 4.40. The van der Waals surface area contributed by atoms with Gasteiger partial charge in [-0.2, -0.15) is 0 Å². The Morgan fingerprint density at radius 2 is 1.89 bits per heavy atom. The van der Waals surface area contributed by atoms with E-state index in [4.69, 9.17) is 0 Å². The number of rotatable bonds is 5. The van der Waals surface area contributed by atoms with Crippen LogP contribution in [0.25, 0.3) is 0 Å². The summed E-state index contributed by atoms with van der Waals surface area (Å²) in [6.07, 6.45) is 0.877. The van der Waals surface area contributed by atoms with E-state index in [1.807, 2.05) is 19.9 Å². The molecule has 0 aliphatic heterocycles. The van der Waals surface area contributed by atoms with Gasteiger partial charge in [-0.3, -0.25) is 9.59 Å². The Morgan fingerprint density at radius 1 is 1.28 bits per heavy atom. The van der Waals surface area contributed by atoms with Crippen molar-refractivity contribution in [2.75, 3.05) is 13.6 Å². The van der Waals surface area contributed by atoms with Gasteiger partial charge in [0.1, 0.15) is 0 Å². The summed E-state index contributed by atoms with van der Waals surface area (Å²) in [7, 11) is 1.63. The molecule has 4 nitrogen and oxygen atoms in total. The van der Waals surface area contributed by atoms with Crippen molar-refractivity contribution in [3.63, 3.8) is 0 Å². The van der Waals surface area contributed by atoms with Crippen LogP contribution in [0.4, 0.5) is 0 Å². The van der Waals surface area contributed by atoms with Gasteiger partial charge in [0.05, 0.1) is 6.54 Å². The van der Waals surface area contributed by atoms with Gasteiger partial charge in [-0.15, -0.1) is 0 Å². The molecule has 2 amide bonds. The summed E-state index contributed by atoms with van der Waals surface area (Å²) < 4.78 is 0. The van der Waals surface area contributed by atoms with Crippen molar-refractivity contribution in [1.82, 2.24) is 10.2 Å². The van der Waals surface area contributed by atoms with Gasteiger partial charge in [-0.25, -0.2) is 0 Å². The molecule has 0 heterocycles. The van der Waals surface area contributed by atoms with E-state index in [0.29, 0.717) is 5.56 Å². The van der Waals surface area contributed by atoms with Crippen molar-refractivity contribution in [3.8, 4) is 0 Å². The Kier molecular flexibility index (Phi) is 5.36. The van der Waals surface area contributed by atoms with Crippen LogP contribution in [0.5, 0.6) is 0 Å². The lowest BCUT2D eigenvalue weighted by atomic mass is 10.2. The average Bonchev–Trinajstić information content (AvgIpc) is 2.38. The minimum Gasteiger partial charge on any atom is -0.352 e. The van der Waals surface area contributed by atoms with Gasteiger partial charge >= 0.3 is 0 Å². The highest BCUT2D eigenvalue weighted by molar-refractivity contribution is 5.96. The molecule has 98 valence electrons. The van der Waals surface area contributed by atoms with E-state index >= 15 is 0 Å². The average molecular weight is 248 g/mol. The highest BCUT2D eigenvalue weighted by Gasteiger charge is 2.15. The molecule has 0 fully saturated rings. The lowest BCUT2D eigenvalue weighted by Crippen LogP contribution is -2.41. The summed E-state index contributed by atoms with van der Waals surface area (Å²) in [5.41, 5.74) is 0.594. The van der Waals surface area contributed by atoms with Gasteiger partial charge in [0.2, 0.25) is 5.91 Å². The number of hydrogen-bond acceptors (Lipinski definition) is 2. The zero-order valence-electron chi connectivity index (χ0n) is 11.1. The van der Waals surface area contributed by atoms with Crippen LogP contribution >= 0.6 is 0 Å². The molecule has 4 heteroatoms. The molecular weight excluding hydrogens is 228 g/mol. The number of benzene rings is 1. The number of nitrogens with zero attached hydrogens (tertiary/aromatic N) is 1. The van der Waals surface area contributed by atoms with Crippen molar-refractivity contribution in [2.24, 2.45) is 0 Å². The lowest BCUT2D eigenvalue weighted by Gasteiger charge is -2.18. The van der Waals surface area contributed by atoms with Crippen LogP contribution in [0.15, 0.2) is 30.3 Å². The molecule has 0 aromatic heterocycles. The van der Waals surface area contributed by atoms with E-state index in [1.165, 1.54) is 4.90 Å². The molecule has 1 rings (SSSR count). The van der Waals surface area contributed by atoms with E-state index in [1.54, 1.807) is 31.3 Å². The first kappa shape index (κ1) is 14.2. The predicted octanol–water partition coefficient (Wildman–Crippen LogP) is 1.67. The number of carbonyl (C=O) groups excluding carboxylic acids is 2. The smallest absolute Gasteiger partial charge is 0.254 e. The Labute approximate surface area is 108 Å². The Morgan fingerprint density at radius 3 is 2.44 bits per heavy atom. The Bertz CT molecular complexity index is 404. The van der Waals surface area contributed by atoms with E-state index < -0.39 is 0 Å². The highest BCUT2D eigenvalue weighted by atomic mass is 16.2. The van der Waals surface area contributed by atoms with Crippen molar-refractivity contribution in [2.45, 2.75) is 26.3 Å². The SMILES string of the molecule is CCC(C)NC(=O)CN(C)C(=O)c1ccccc1. The maximum Gasteiger partial charge on any atom is 0.254 e. The zero-order chi connectivity index (χ0) is 13.5. The number of hydrogen-bond donors (Lipinski definition) is 1. The molecule has 0 saturated heterocycles. The second kappa shape index (κ2) is 6.79. The lowest BCUT2D eigenvalue weighted by molar-refractivity contribution is -0.122. The summed E-state index contributed by atoms with van der Waals surface area (Å²) >= 11 is 0. The first-order valence-corrected chi connectivity index (χ1v) is 6.14. The maximum absolute atomic E-state index is 12.0. The molecule has 0 bridgehead atoms. The van der Waals surface area contributed by atoms with Gasteiger partial charge < -0.3 is 10.2 Å². The fourth-order valence-corrected chi connectivity index (χ4v) is 1.51. The van der Waals surface area contributed by atoms with Crippen LogP contribution in [0.3, 0.4) is 0 Å². The number of carbonyl (C=O) groups is 2. The summed E-state index contributed by atoms with van der Waals surface area (Å²) in [6.45, 7) is 4.03. The van der Waals surface area contributed by atoms with Crippen molar-refractivity contribution in [1.29, 1.82) is 0 Å². The second-order valence-corrected chi connectivity index (χ2v) is 4.40. The standard InChI is InChI=1S/C14H20N2O2/c1-4-11(2)15-13(17)10-16(3)14(18)12-8-6-5-7-9-12/h5-9,11H,4,10H2,1-3H3,(H,15,17). The fraction of sp³-hybridized carbons (Fsp3) is 0.429. The summed E-state index contributed by atoms with van der Waals surface area (Å²) in [5.74, 6) is -0.272. The van der Waals surface area contributed by atoms with E-state index in [-0.39, 0.29) is 24.4 Å². The fourth-order valence-electron chi connectivity index (χ4n) is 1.51. The van der Waals surface area contributed by atoms with Gasteiger partial charge in [-0.05, 0) is 25.5 Å². The molecule has 1 aromatic rings. The molecule has 0 aliphatic rings.